The first-order valence-corrected chi connectivity index (χ1v) is 8.11. The fraction of sp³-hybridized carbons (Fsp3) is 0.389. The molecular formula is C18H21N3O3. The first kappa shape index (κ1) is 16.2. The number of rotatable bonds is 4. The average Bonchev–Trinajstić information content (AvgIpc) is 3.14. The van der Waals surface area contributed by atoms with Gasteiger partial charge in [-0.05, 0) is 36.6 Å². The Hall–Kier alpha value is -2.63. The lowest BCUT2D eigenvalue weighted by atomic mass is 9.96. The first-order valence-electron chi connectivity index (χ1n) is 8.11. The Kier molecular flexibility index (Phi) is 4.93. The van der Waals surface area contributed by atoms with E-state index in [1.165, 1.54) is 7.11 Å². The molecule has 0 N–H and O–H groups in total. The van der Waals surface area contributed by atoms with Gasteiger partial charge in [0.15, 0.2) is 0 Å². The van der Waals surface area contributed by atoms with Crippen molar-refractivity contribution in [3.8, 4) is 0 Å². The monoisotopic (exact) mass is 327 g/mol. The molecule has 126 valence electrons. The summed E-state index contributed by atoms with van der Waals surface area (Å²) in [7, 11) is 1.41. The maximum atomic E-state index is 12.6. The number of carbonyl (C=O) groups is 2. The maximum absolute atomic E-state index is 12.6. The fourth-order valence-corrected chi connectivity index (χ4v) is 3.00. The Morgan fingerprint density at radius 2 is 1.92 bits per heavy atom. The highest BCUT2D eigenvalue weighted by atomic mass is 16.5. The predicted molar refractivity (Wildman–Crippen MR) is 88.4 cm³/mol. The molecule has 1 aromatic heterocycles. The number of hydrogen-bond acceptors (Lipinski definition) is 4. The third kappa shape index (κ3) is 3.64. The Morgan fingerprint density at radius 3 is 2.50 bits per heavy atom. The number of esters is 1. The minimum absolute atomic E-state index is 0.0176. The van der Waals surface area contributed by atoms with Crippen molar-refractivity contribution in [2.24, 2.45) is 5.92 Å². The molecule has 24 heavy (non-hydrogen) atoms. The Balaban J connectivity index is 1.58. The molecule has 1 fully saturated rings. The summed E-state index contributed by atoms with van der Waals surface area (Å²) < 4.78 is 6.62. The molecule has 1 saturated heterocycles. The Morgan fingerprint density at radius 1 is 1.21 bits per heavy atom. The van der Waals surface area contributed by atoms with E-state index in [-0.39, 0.29) is 17.8 Å². The van der Waals surface area contributed by atoms with Gasteiger partial charge in [-0.25, -0.2) is 0 Å². The second-order valence-electron chi connectivity index (χ2n) is 5.99. The van der Waals surface area contributed by atoms with Gasteiger partial charge in [-0.3, -0.25) is 14.3 Å². The molecular weight excluding hydrogens is 306 g/mol. The Bertz CT molecular complexity index is 687. The molecule has 1 amide bonds. The smallest absolute Gasteiger partial charge is 0.308 e. The van der Waals surface area contributed by atoms with E-state index in [4.69, 9.17) is 4.74 Å². The largest absolute Gasteiger partial charge is 0.469 e. The molecule has 1 aliphatic rings. The number of likely N-dealkylation sites (tertiary alicyclic amines) is 1. The number of amides is 1. The number of nitrogens with zero attached hydrogens (tertiary/aromatic N) is 3. The quantitative estimate of drug-likeness (QED) is 0.805. The van der Waals surface area contributed by atoms with E-state index < -0.39 is 0 Å². The number of carbonyl (C=O) groups excluding carboxylic acids is 2. The van der Waals surface area contributed by atoms with Gasteiger partial charge in [0.1, 0.15) is 0 Å². The topological polar surface area (TPSA) is 64.4 Å². The van der Waals surface area contributed by atoms with Gasteiger partial charge in [0.25, 0.3) is 5.91 Å². The molecule has 0 spiro atoms. The molecule has 3 rings (SSSR count). The van der Waals surface area contributed by atoms with Crippen LogP contribution in [0.1, 0.15) is 28.8 Å². The summed E-state index contributed by atoms with van der Waals surface area (Å²) in [5.74, 6) is -0.246. The van der Waals surface area contributed by atoms with E-state index in [2.05, 4.69) is 5.10 Å². The van der Waals surface area contributed by atoms with E-state index in [0.717, 1.165) is 5.56 Å². The van der Waals surface area contributed by atoms with Crippen LogP contribution in [0.2, 0.25) is 0 Å². The molecule has 6 heteroatoms. The fourth-order valence-electron chi connectivity index (χ4n) is 3.00. The number of hydrogen-bond donors (Lipinski definition) is 0. The number of methoxy groups -OCH3 is 1. The molecule has 0 radical (unpaired) electrons. The summed E-state index contributed by atoms with van der Waals surface area (Å²) in [6.07, 6.45) is 4.98. The first-order chi connectivity index (χ1) is 11.7. The van der Waals surface area contributed by atoms with Gasteiger partial charge in [0, 0.05) is 31.0 Å². The third-order valence-electron chi connectivity index (χ3n) is 4.42. The van der Waals surface area contributed by atoms with Crippen LogP contribution in [0, 0.1) is 5.92 Å². The van der Waals surface area contributed by atoms with Crippen LogP contribution in [0.5, 0.6) is 0 Å². The van der Waals surface area contributed by atoms with Crippen molar-refractivity contribution < 1.29 is 14.3 Å². The van der Waals surface area contributed by atoms with Crippen LogP contribution < -0.4 is 0 Å². The van der Waals surface area contributed by atoms with Crippen molar-refractivity contribution in [2.75, 3.05) is 20.2 Å². The highest BCUT2D eigenvalue weighted by molar-refractivity contribution is 5.94. The standard InChI is InChI=1S/C18H21N3O3/c1-24-18(23)16-7-11-20(12-8-16)17(22)15-5-3-14(4-6-15)13-21-10-2-9-19-21/h2-6,9-10,16H,7-8,11-13H2,1H3. The third-order valence-corrected chi connectivity index (χ3v) is 4.42. The lowest BCUT2D eigenvalue weighted by Gasteiger charge is -2.30. The van der Waals surface area contributed by atoms with Crippen LogP contribution in [0.3, 0.4) is 0 Å². The minimum atomic E-state index is -0.176. The maximum Gasteiger partial charge on any atom is 0.308 e. The lowest BCUT2D eigenvalue weighted by Crippen LogP contribution is -2.40. The molecule has 2 heterocycles. The molecule has 1 aliphatic heterocycles. The van der Waals surface area contributed by atoms with Gasteiger partial charge in [-0.15, -0.1) is 0 Å². The van der Waals surface area contributed by atoms with Crippen LogP contribution in [-0.4, -0.2) is 46.8 Å². The number of piperidine rings is 1. The van der Waals surface area contributed by atoms with Crippen molar-refractivity contribution in [2.45, 2.75) is 19.4 Å². The SMILES string of the molecule is COC(=O)C1CCN(C(=O)c2ccc(Cn3cccn3)cc2)CC1. The van der Waals surface area contributed by atoms with Crippen LogP contribution >= 0.6 is 0 Å². The van der Waals surface area contributed by atoms with Crippen molar-refractivity contribution in [1.29, 1.82) is 0 Å². The molecule has 0 aliphatic carbocycles. The number of aromatic nitrogens is 2. The zero-order chi connectivity index (χ0) is 16.9. The molecule has 6 nitrogen and oxygen atoms in total. The molecule has 0 saturated carbocycles. The highest BCUT2D eigenvalue weighted by Gasteiger charge is 2.28. The van der Waals surface area contributed by atoms with Crippen molar-refractivity contribution in [1.82, 2.24) is 14.7 Å². The normalized spacial score (nSPS) is 15.3. The van der Waals surface area contributed by atoms with Crippen LogP contribution in [0.15, 0.2) is 42.7 Å². The zero-order valence-corrected chi connectivity index (χ0v) is 13.7. The second kappa shape index (κ2) is 7.29. The molecule has 2 aromatic rings. The van der Waals surface area contributed by atoms with E-state index >= 15 is 0 Å². The van der Waals surface area contributed by atoms with E-state index in [1.807, 2.05) is 46.1 Å². The van der Waals surface area contributed by atoms with Gasteiger partial charge in [0.2, 0.25) is 0 Å². The van der Waals surface area contributed by atoms with Crippen molar-refractivity contribution in [3.05, 3.63) is 53.9 Å². The summed E-state index contributed by atoms with van der Waals surface area (Å²) in [6.45, 7) is 1.87. The van der Waals surface area contributed by atoms with E-state index in [9.17, 15) is 9.59 Å². The van der Waals surface area contributed by atoms with Gasteiger partial charge in [-0.1, -0.05) is 12.1 Å². The molecule has 1 aromatic carbocycles. The lowest BCUT2D eigenvalue weighted by molar-refractivity contribution is -0.146. The van der Waals surface area contributed by atoms with Crippen LogP contribution in [-0.2, 0) is 16.1 Å². The Labute approximate surface area is 141 Å². The van der Waals surface area contributed by atoms with Gasteiger partial charge in [0.05, 0.1) is 19.6 Å². The van der Waals surface area contributed by atoms with Gasteiger partial charge in [-0.2, -0.15) is 5.10 Å². The van der Waals surface area contributed by atoms with Gasteiger partial charge >= 0.3 is 5.97 Å². The second-order valence-corrected chi connectivity index (χ2v) is 5.99. The number of benzene rings is 1. The highest BCUT2D eigenvalue weighted by Crippen LogP contribution is 2.20. The minimum Gasteiger partial charge on any atom is -0.469 e. The predicted octanol–water partition coefficient (Wildman–Crippen LogP) is 1.96. The van der Waals surface area contributed by atoms with E-state index in [0.29, 0.717) is 38.0 Å². The van der Waals surface area contributed by atoms with Gasteiger partial charge < -0.3 is 9.64 Å². The average molecular weight is 327 g/mol. The molecule has 0 bridgehead atoms. The summed E-state index contributed by atoms with van der Waals surface area (Å²) >= 11 is 0. The zero-order valence-electron chi connectivity index (χ0n) is 13.7. The van der Waals surface area contributed by atoms with Crippen LogP contribution in [0.25, 0.3) is 0 Å². The summed E-state index contributed by atoms with van der Waals surface area (Å²) in [6, 6.07) is 9.50. The van der Waals surface area contributed by atoms with Crippen molar-refractivity contribution in [3.63, 3.8) is 0 Å². The summed E-state index contributed by atoms with van der Waals surface area (Å²) in [4.78, 5) is 25.9. The summed E-state index contributed by atoms with van der Waals surface area (Å²) in [5, 5.41) is 4.17. The number of ether oxygens (including phenoxy) is 1. The molecule has 0 unspecified atom stereocenters. The molecule has 0 atom stereocenters. The summed E-state index contributed by atoms with van der Waals surface area (Å²) in [5.41, 5.74) is 1.77. The van der Waals surface area contributed by atoms with Crippen molar-refractivity contribution >= 4 is 11.9 Å². The van der Waals surface area contributed by atoms with E-state index in [1.54, 1.807) is 6.20 Å². The van der Waals surface area contributed by atoms with Crippen LogP contribution in [0.4, 0.5) is 0 Å².